The molecule has 1 atom stereocenters. The van der Waals surface area contributed by atoms with Crippen LogP contribution in [0.15, 0.2) is 17.5 Å². The smallest absolute Gasteiger partial charge is 0.307 e. The lowest BCUT2D eigenvalue weighted by Gasteiger charge is -2.20. The molecular formula is C12H18O2S2. The molecule has 1 aromatic heterocycles. The van der Waals surface area contributed by atoms with Crippen molar-refractivity contribution in [3.8, 4) is 0 Å². The summed E-state index contributed by atoms with van der Waals surface area (Å²) in [5.74, 6) is -0.287. The van der Waals surface area contributed by atoms with Crippen LogP contribution in [0.1, 0.15) is 25.6 Å². The van der Waals surface area contributed by atoms with Crippen LogP contribution in [0.2, 0.25) is 0 Å². The molecule has 0 unspecified atom stereocenters. The molecule has 16 heavy (non-hydrogen) atoms. The summed E-state index contributed by atoms with van der Waals surface area (Å²) >= 11 is 3.35. The predicted octanol–water partition coefficient (Wildman–Crippen LogP) is 3.52. The van der Waals surface area contributed by atoms with Gasteiger partial charge in [0.05, 0.1) is 5.92 Å². The van der Waals surface area contributed by atoms with Crippen molar-refractivity contribution >= 4 is 29.1 Å². The van der Waals surface area contributed by atoms with Crippen LogP contribution in [0.4, 0.5) is 0 Å². The first-order valence-corrected chi connectivity index (χ1v) is 7.14. The summed E-state index contributed by atoms with van der Waals surface area (Å²) in [6.07, 6.45) is 0.649. The molecule has 1 heterocycles. The van der Waals surface area contributed by atoms with Gasteiger partial charge < -0.3 is 5.11 Å². The van der Waals surface area contributed by atoms with Crippen LogP contribution in [-0.4, -0.2) is 21.6 Å². The van der Waals surface area contributed by atoms with Gasteiger partial charge in [0.15, 0.2) is 0 Å². The SMILES string of the molecule is CC(C)(C)SC[C@H](Cc1cccs1)C(=O)O. The van der Waals surface area contributed by atoms with Crippen LogP contribution >= 0.6 is 23.1 Å². The molecule has 1 N–H and O–H groups in total. The quantitative estimate of drug-likeness (QED) is 0.878. The number of thiophene rings is 1. The average molecular weight is 258 g/mol. The van der Waals surface area contributed by atoms with Crippen LogP contribution in [0.25, 0.3) is 0 Å². The van der Waals surface area contributed by atoms with Gasteiger partial charge >= 0.3 is 5.97 Å². The minimum absolute atomic E-state index is 0.128. The zero-order valence-electron chi connectivity index (χ0n) is 9.90. The maximum Gasteiger partial charge on any atom is 0.307 e. The van der Waals surface area contributed by atoms with E-state index in [1.807, 2.05) is 17.5 Å². The summed E-state index contributed by atoms with van der Waals surface area (Å²) in [6, 6.07) is 3.97. The molecule has 0 aromatic carbocycles. The average Bonchev–Trinajstić information content (AvgIpc) is 2.62. The predicted molar refractivity (Wildman–Crippen MR) is 71.4 cm³/mol. The van der Waals surface area contributed by atoms with Gasteiger partial charge in [0.1, 0.15) is 0 Å². The Morgan fingerprint density at radius 3 is 2.69 bits per heavy atom. The molecule has 90 valence electrons. The highest BCUT2D eigenvalue weighted by molar-refractivity contribution is 8.00. The van der Waals surface area contributed by atoms with E-state index in [9.17, 15) is 4.79 Å². The van der Waals surface area contributed by atoms with Crippen LogP contribution in [0.3, 0.4) is 0 Å². The molecule has 0 fully saturated rings. The molecule has 0 saturated heterocycles. The van der Waals surface area contributed by atoms with E-state index in [1.54, 1.807) is 23.1 Å². The number of thioether (sulfide) groups is 1. The molecular weight excluding hydrogens is 240 g/mol. The third-order valence-corrected chi connectivity index (χ3v) is 4.43. The number of carboxylic acids is 1. The second-order valence-corrected chi connectivity index (χ2v) is 7.62. The Kier molecular flexibility index (Phi) is 4.87. The summed E-state index contributed by atoms with van der Waals surface area (Å²) in [4.78, 5) is 12.3. The maximum absolute atomic E-state index is 11.1. The van der Waals surface area contributed by atoms with Gasteiger partial charge in [-0.1, -0.05) is 26.8 Å². The Morgan fingerprint density at radius 2 is 2.25 bits per heavy atom. The van der Waals surface area contributed by atoms with Gasteiger partial charge in [-0.3, -0.25) is 4.79 Å². The highest BCUT2D eigenvalue weighted by Crippen LogP contribution is 2.27. The summed E-state index contributed by atoms with van der Waals surface area (Å²) in [6.45, 7) is 6.34. The molecule has 0 amide bonds. The lowest BCUT2D eigenvalue weighted by molar-refractivity contribution is -0.140. The maximum atomic E-state index is 11.1. The van der Waals surface area contributed by atoms with Gasteiger partial charge in [0.2, 0.25) is 0 Å². The first kappa shape index (κ1) is 13.6. The molecule has 2 nitrogen and oxygen atoms in total. The Bertz CT molecular complexity index is 325. The Hall–Kier alpha value is -0.480. The first-order valence-electron chi connectivity index (χ1n) is 5.27. The van der Waals surface area contributed by atoms with Gasteiger partial charge in [0, 0.05) is 15.4 Å². The van der Waals surface area contributed by atoms with Crippen molar-refractivity contribution in [3.05, 3.63) is 22.4 Å². The van der Waals surface area contributed by atoms with Crippen molar-refractivity contribution in [1.29, 1.82) is 0 Å². The van der Waals surface area contributed by atoms with Gasteiger partial charge in [0.25, 0.3) is 0 Å². The molecule has 0 bridgehead atoms. The fraction of sp³-hybridized carbons (Fsp3) is 0.583. The standard InChI is InChI=1S/C12H18O2S2/c1-12(2,3)16-8-9(11(13)14)7-10-5-4-6-15-10/h4-6,9H,7-8H2,1-3H3,(H,13,14)/t9-/m0/s1. The van der Waals surface area contributed by atoms with E-state index in [0.29, 0.717) is 12.2 Å². The minimum atomic E-state index is -0.690. The number of aliphatic carboxylic acids is 1. The second-order valence-electron chi connectivity index (χ2n) is 4.74. The van der Waals surface area contributed by atoms with E-state index in [1.165, 1.54) is 0 Å². The first-order chi connectivity index (χ1) is 7.38. The third-order valence-electron chi connectivity index (χ3n) is 2.09. The Labute approximate surface area is 105 Å². The lowest BCUT2D eigenvalue weighted by Crippen LogP contribution is -2.21. The fourth-order valence-electron chi connectivity index (χ4n) is 1.24. The summed E-state index contributed by atoms with van der Waals surface area (Å²) in [7, 11) is 0. The molecule has 0 aliphatic rings. The zero-order chi connectivity index (χ0) is 12.2. The highest BCUT2D eigenvalue weighted by atomic mass is 32.2. The van der Waals surface area contributed by atoms with Crippen molar-refractivity contribution in [3.63, 3.8) is 0 Å². The molecule has 0 aliphatic carbocycles. The van der Waals surface area contributed by atoms with E-state index in [-0.39, 0.29) is 10.7 Å². The molecule has 4 heteroatoms. The largest absolute Gasteiger partial charge is 0.481 e. The van der Waals surface area contributed by atoms with Crippen molar-refractivity contribution in [1.82, 2.24) is 0 Å². The van der Waals surface area contributed by atoms with Gasteiger partial charge in [-0.15, -0.1) is 11.3 Å². The summed E-state index contributed by atoms with van der Waals surface area (Å²) in [5, 5.41) is 11.2. The Morgan fingerprint density at radius 1 is 1.56 bits per heavy atom. The van der Waals surface area contributed by atoms with E-state index in [4.69, 9.17) is 5.11 Å². The van der Waals surface area contributed by atoms with E-state index in [2.05, 4.69) is 20.8 Å². The van der Waals surface area contributed by atoms with Crippen LogP contribution in [-0.2, 0) is 11.2 Å². The monoisotopic (exact) mass is 258 g/mol. The molecule has 0 saturated carbocycles. The van der Waals surface area contributed by atoms with Crippen LogP contribution in [0, 0.1) is 5.92 Å². The molecule has 0 radical (unpaired) electrons. The van der Waals surface area contributed by atoms with E-state index >= 15 is 0 Å². The van der Waals surface area contributed by atoms with Crippen molar-refractivity contribution < 1.29 is 9.90 Å². The molecule has 1 rings (SSSR count). The minimum Gasteiger partial charge on any atom is -0.481 e. The van der Waals surface area contributed by atoms with Crippen molar-refractivity contribution in [2.24, 2.45) is 5.92 Å². The molecule has 0 spiro atoms. The number of hydrogen-bond donors (Lipinski definition) is 1. The number of carboxylic acid groups (broad SMARTS) is 1. The summed E-state index contributed by atoms with van der Waals surface area (Å²) in [5.41, 5.74) is 0. The highest BCUT2D eigenvalue weighted by Gasteiger charge is 2.21. The lowest BCUT2D eigenvalue weighted by atomic mass is 10.1. The molecule has 1 aromatic rings. The van der Waals surface area contributed by atoms with Crippen LogP contribution in [0.5, 0.6) is 0 Å². The Balaban J connectivity index is 2.52. The number of hydrogen-bond acceptors (Lipinski definition) is 3. The van der Waals surface area contributed by atoms with E-state index in [0.717, 1.165) is 4.88 Å². The van der Waals surface area contributed by atoms with Crippen molar-refractivity contribution in [2.45, 2.75) is 31.9 Å². The number of carbonyl (C=O) groups is 1. The summed E-state index contributed by atoms with van der Waals surface area (Å²) < 4.78 is 0.128. The topological polar surface area (TPSA) is 37.3 Å². The molecule has 0 aliphatic heterocycles. The fourth-order valence-corrected chi connectivity index (χ4v) is 2.99. The van der Waals surface area contributed by atoms with Gasteiger partial charge in [-0.2, -0.15) is 11.8 Å². The normalized spacial score (nSPS) is 13.7. The third kappa shape index (κ3) is 5.03. The number of rotatable bonds is 5. The van der Waals surface area contributed by atoms with E-state index < -0.39 is 5.97 Å². The van der Waals surface area contributed by atoms with Gasteiger partial charge in [-0.25, -0.2) is 0 Å². The zero-order valence-corrected chi connectivity index (χ0v) is 11.5. The second kappa shape index (κ2) is 5.73. The van der Waals surface area contributed by atoms with Crippen LogP contribution < -0.4 is 0 Å². The van der Waals surface area contributed by atoms with Crippen molar-refractivity contribution in [2.75, 3.05) is 5.75 Å². The van der Waals surface area contributed by atoms with Gasteiger partial charge in [-0.05, 0) is 17.9 Å².